The first-order chi connectivity index (χ1) is 15.9. The normalized spacial score (nSPS) is 12.6. The first kappa shape index (κ1) is 25.2. The number of aryl methyl sites for hydroxylation is 1. The van der Waals surface area contributed by atoms with Gasteiger partial charge in [-0.3, -0.25) is 0 Å². The molecule has 0 saturated heterocycles. The van der Waals surface area contributed by atoms with Crippen LogP contribution in [-0.4, -0.2) is 48.7 Å². The van der Waals surface area contributed by atoms with Gasteiger partial charge >= 0.3 is 12.3 Å². The van der Waals surface area contributed by atoms with Crippen LogP contribution in [0.4, 0.5) is 13.2 Å². The van der Waals surface area contributed by atoms with E-state index < -0.39 is 22.4 Å². The van der Waals surface area contributed by atoms with Crippen molar-refractivity contribution in [3.63, 3.8) is 0 Å². The van der Waals surface area contributed by atoms with Crippen molar-refractivity contribution in [2.24, 2.45) is 0 Å². The average molecular weight is 497 g/mol. The highest BCUT2D eigenvalue weighted by Crippen LogP contribution is 2.24. The van der Waals surface area contributed by atoms with Crippen LogP contribution >= 0.6 is 0 Å². The Kier molecular flexibility index (Phi) is 7.32. The lowest BCUT2D eigenvalue weighted by atomic mass is 10.2. The number of hydrogen-bond donors (Lipinski definition) is 0. The van der Waals surface area contributed by atoms with Crippen molar-refractivity contribution in [2.45, 2.75) is 31.3 Å². The summed E-state index contributed by atoms with van der Waals surface area (Å²) in [7, 11) is -0.748. The van der Waals surface area contributed by atoms with Crippen LogP contribution in [-0.2, 0) is 32.7 Å². The maximum Gasteiger partial charge on any atom is 0.573 e. The van der Waals surface area contributed by atoms with Crippen molar-refractivity contribution in [2.75, 3.05) is 14.1 Å². The lowest BCUT2D eigenvalue weighted by Crippen LogP contribution is -2.22. The number of benzene rings is 2. The molecule has 1 aromatic heterocycles. The molecule has 0 spiro atoms. The molecule has 0 aliphatic heterocycles. The van der Waals surface area contributed by atoms with Crippen molar-refractivity contribution in [3.05, 3.63) is 59.9 Å². The molecule has 3 rings (SSSR count). The Morgan fingerprint density at radius 3 is 2.41 bits per heavy atom. The average Bonchev–Trinajstić information content (AvgIpc) is 3.12. The second kappa shape index (κ2) is 9.85. The van der Waals surface area contributed by atoms with Gasteiger partial charge in [-0.1, -0.05) is 12.1 Å². The van der Waals surface area contributed by atoms with Crippen molar-refractivity contribution >= 4 is 33.1 Å². The summed E-state index contributed by atoms with van der Waals surface area (Å²) in [4.78, 5) is 16.6. The molecule has 1 heterocycles. The highest BCUT2D eigenvalue weighted by molar-refractivity contribution is 7.89. The van der Waals surface area contributed by atoms with Gasteiger partial charge in [0.05, 0.1) is 15.9 Å². The fourth-order valence-corrected chi connectivity index (χ4v) is 4.04. The number of hydrogen-bond acceptors (Lipinski definition) is 6. The van der Waals surface area contributed by atoms with Crippen LogP contribution in [0.1, 0.15) is 18.3 Å². The van der Waals surface area contributed by atoms with Gasteiger partial charge in [0.1, 0.15) is 18.2 Å². The Bertz CT molecular complexity index is 1310. The van der Waals surface area contributed by atoms with Gasteiger partial charge in [-0.2, -0.15) is 0 Å². The molecular formula is C22H22F3N3O5S. The predicted octanol–water partition coefficient (Wildman–Crippen LogP) is 3.96. The summed E-state index contributed by atoms with van der Waals surface area (Å²) >= 11 is 0. The smallest absolute Gasteiger partial charge is 0.454 e. The third kappa shape index (κ3) is 5.94. The monoisotopic (exact) mass is 497 g/mol. The van der Waals surface area contributed by atoms with Gasteiger partial charge in [0, 0.05) is 26.7 Å². The number of carbonyl (C=O) groups excluding carboxylic acids is 1. The maximum atomic E-state index is 12.4. The Morgan fingerprint density at radius 1 is 1.15 bits per heavy atom. The van der Waals surface area contributed by atoms with Gasteiger partial charge in [0.25, 0.3) is 0 Å². The van der Waals surface area contributed by atoms with Crippen molar-refractivity contribution in [1.82, 2.24) is 13.9 Å². The number of nitrogens with zero attached hydrogens (tertiary/aromatic N) is 3. The Balaban J connectivity index is 1.70. The van der Waals surface area contributed by atoms with E-state index in [1.165, 1.54) is 44.4 Å². The summed E-state index contributed by atoms with van der Waals surface area (Å²) in [6.07, 6.45) is -2.25. The molecule has 12 heteroatoms. The molecular weight excluding hydrogens is 475 g/mol. The highest BCUT2D eigenvalue weighted by atomic mass is 32.2. The van der Waals surface area contributed by atoms with E-state index in [0.717, 1.165) is 22.5 Å². The zero-order valence-corrected chi connectivity index (χ0v) is 19.4. The van der Waals surface area contributed by atoms with Gasteiger partial charge in [-0.25, -0.2) is 22.5 Å². The highest BCUT2D eigenvalue weighted by Gasteiger charge is 2.30. The zero-order chi connectivity index (χ0) is 25.1. The molecule has 0 N–H and O–H groups in total. The van der Waals surface area contributed by atoms with E-state index in [2.05, 4.69) is 9.72 Å². The summed E-state index contributed by atoms with van der Waals surface area (Å²) < 4.78 is 73.3. The number of esters is 1. The first-order valence-corrected chi connectivity index (χ1v) is 11.5. The summed E-state index contributed by atoms with van der Waals surface area (Å²) in [5.41, 5.74) is 1.62. The molecule has 0 amide bonds. The molecule has 0 unspecified atom stereocenters. The van der Waals surface area contributed by atoms with Crippen LogP contribution < -0.4 is 4.74 Å². The maximum absolute atomic E-state index is 12.4. The van der Waals surface area contributed by atoms with Crippen LogP contribution in [0.3, 0.4) is 0 Å². The Labute approximate surface area is 194 Å². The Morgan fingerprint density at radius 2 is 1.82 bits per heavy atom. The number of ether oxygens (including phenoxy) is 2. The SMILES string of the molecule is CCn1c(COC(=O)/C=C/c2ccc(OC(F)(F)F)cc2)nc2cc(S(=O)(=O)N(C)C)ccc21. The van der Waals surface area contributed by atoms with Gasteiger partial charge in [-0.05, 0) is 48.9 Å². The van der Waals surface area contributed by atoms with E-state index in [1.807, 2.05) is 6.92 Å². The van der Waals surface area contributed by atoms with Crippen LogP contribution in [0.15, 0.2) is 53.4 Å². The fourth-order valence-electron chi connectivity index (χ4n) is 3.12. The molecule has 182 valence electrons. The van der Waals surface area contributed by atoms with E-state index in [0.29, 0.717) is 29.0 Å². The summed E-state index contributed by atoms with van der Waals surface area (Å²) in [6.45, 7) is 2.24. The third-order valence-corrected chi connectivity index (χ3v) is 6.57. The number of sulfonamides is 1. The van der Waals surface area contributed by atoms with E-state index in [-0.39, 0.29) is 17.3 Å². The molecule has 0 aliphatic carbocycles. The number of imidazole rings is 1. The quantitative estimate of drug-likeness (QED) is 0.346. The number of halogens is 3. The van der Waals surface area contributed by atoms with Gasteiger partial charge in [-0.15, -0.1) is 13.2 Å². The molecule has 2 aromatic carbocycles. The number of alkyl halides is 3. The molecule has 0 atom stereocenters. The van der Waals surface area contributed by atoms with Gasteiger partial charge in [0.15, 0.2) is 0 Å². The molecule has 0 fully saturated rings. The molecule has 0 radical (unpaired) electrons. The van der Waals surface area contributed by atoms with Crippen LogP contribution in [0.25, 0.3) is 17.1 Å². The van der Waals surface area contributed by atoms with Gasteiger partial charge < -0.3 is 14.0 Å². The van der Waals surface area contributed by atoms with Crippen molar-refractivity contribution in [1.29, 1.82) is 0 Å². The number of fused-ring (bicyclic) bond motifs is 1. The van der Waals surface area contributed by atoms with Crippen LogP contribution in [0.2, 0.25) is 0 Å². The van der Waals surface area contributed by atoms with Crippen LogP contribution in [0, 0.1) is 0 Å². The number of aromatic nitrogens is 2. The molecule has 0 saturated carbocycles. The Hall–Kier alpha value is -3.38. The van der Waals surface area contributed by atoms with Crippen LogP contribution in [0.5, 0.6) is 5.75 Å². The fraction of sp³-hybridized carbons (Fsp3) is 0.273. The minimum absolute atomic E-state index is 0.101. The summed E-state index contributed by atoms with van der Waals surface area (Å²) in [5.74, 6) is -0.610. The molecule has 3 aromatic rings. The van der Waals surface area contributed by atoms with E-state index in [9.17, 15) is 26.4 Å². The van der Waals surface area contributed by atoms with E-state index in [4.69, 9.17) is 4.74 Å². The third-order valence-electron chi connectivity index (χ3n) is 4.76. The number of rotatable bonds is 8. The lowest BCUT2D eigenvalue weighted by molar-refractivity contribution is -0.274. The second-order valence-corrected chi connectivity index (χ2v) is 9.42. The minimum Gasteiger partial charge on any atom is -0.454 e. The minimum atomic E-state index is -4.78. The summed E-state index contributed by atoms with van der Waals surface area (Å²) in [6, 6.07) is 9.60. The summed E-state index contributed by atoms with van der Waals surface area (Å²) in [5, 5.41) is 0. The number of carbonyl (C=O) groups is 1. The molecule has 8 nitrogen and oxygen atoms in total. The van der Waals surface area contributed by atoms with E-state index in [1.54, 1.807) is 10.6 Å². The molecule has 0 aliphatic rings. The largest absolute Gasteiger partial charge is 0.573 e. The zero-order valence-electron chi connectivity index (χ0n) is 18.5. The molecule has 34 heavy (non-hydrogen) atoms. The van der Waals surface area contributed by atoms with Gasteiger partial charge in [0.2, 0.25) is 10.0 Å². The second-order valence-electron chi connectivity index (χ2n) is 7.27. The van der Waals surface area contributed by atoms with Crippen molar-refractivity contribution in [3.8, 4) is 5.75 Å². The standard InChI is InChI=1S/C22H22F3N3O5S/c1-4-28-19-11-10-17(34(30,31)27(2)3)13-18(19)26-20(28)14-32-21(29)12-7-15-5-8-16(9-6-15)33-22(23,24)25/h5-13H,4,14H2,1-3H3/b12-7+. The van der Waals surface area contributed by atoms with E-state index >= 15 is 0 Å². The first-order valence-electron chi connectivity index (χ1n) is 10.0. The predicted molar refractivity (Wildman–Crippen MR) is 118 cm³/mol. The van der Waals surface area contributed by atoms with Crippen molar-refractivity contribution < 1.29 is 35.9 Å². The molecule has 0 bridgehead atoms. The lowest BCUT2D eigenvalue weighted by Gasteiger charge is -2.11. The topological polar surface area (TPSA) is 90.7 Å².